The van der Waals surface area contributed by atoms with Crippen LogP contribution in [0.5, 0.6) is 0 Å². The van der Waals surface area contributed by atoms with Crippen LogP contribution in [0.2, 0.25) is 0 Å². The van der Waals surface area contributed by atoms with Crippen LogP contribution in [0.3, 0.4) is 0 Å². The molecule has 0 bridgehead atoms. The maximum Gasteiger partial charge on any atom is 0.227 e. The fourth-order valence-electron chi connectivity index (χ4n) is 2.64. The minimum absolute atomic E-state index is 0.0582. The Kier molecular flexibility index (Phi) is 3.52. The second-order valence-corrected chi connectivity index (χ2v) is 5.17. The molecule has 0 radical (unpaired) electrons. The maximum atomic E-state index is 12.0. The van der Waals surface area contributed by atoms with Gasteiger partial charge in [0.15, 0.2) is 0 Å². The Balaban J connectivity index is 1.91. The molecule has 3 nitrogen and oxygen atoms in total. The molecule has 20 heavy (non-hydrogen) atoms. The molecular formula is C17H17NO2. The third-order valence-electron chi connectivity index (χ3n) is 3.73. The van der Waals surface area contributed by atoms with Gasteiger partial charge in [0.05, 0.1) is 0 Å². The number of amides is 1. The fourth-order valence-corrected chi connectivity index (χ4v) is 2.64. The molecule has 102 valence electrons. The number of hydrogen-bond acceptors (Lipinski definition) is 2. The summed E-state index contributed by atoms with van der Waals surface area (Å²) in [6, 6.07) is 18.1. The smallest absolute Gasteiger partial charge is 0.227 e. The molecule has 2 aromatic rings. The number of aliphatic hydroxyl groups is 1. The molecule has 1 fully saturated rings. The van der Waals surface area contributed by atoms with E-state index >= 15 is 0 Å². The van der Waals surface area contributed by atoms with Gasteiger partial charge < -0.3 is 10.0 Å². The van der Waals surface area contributed by atoms with Crippen LogP contribution in [-0.4, -0.2) is 24.2 Å². The van der Waals surface area contributed by atoms with Crippen molar-refractivity contribution >= 4 is 11.6 Å². The van der Waals surface area contributed by atoms with Crippen LogP contribution in [0.15, 0.2) is 54.6 Å². The van der Waals surface area contributed by atoms with Gasteiger partial charge in [-0.15, -0.1) is 0 Å². The molecule has 1 amide bonds. The normalized spacial score (nSPS) is 18.6. The summed E-state index contributed by atoms with van der Waals surface area (Å²) in [4.78, 5) is 13.8. The van der Waals surface area contributed by atoms with Crippen molar-refractivity contribution in [3.63, 3.8) is 0 Å². The zero-order chi connectivity index (χ0) is 13.9. The zero-order valence-corrected chi connectivity index (χ0v) is 11.2. The first-order valence-corrected chi connectivity index (χ1v) is 6.84. The standard InChI is InChI=1S/C17H17NO2/c19-12-13-9-17(20)18(11-13)16-8-4-7-15(10-16)14-5-2-1-3-6-14/h1-8,10,13,19H,9,11-12H2. The number of benzene rings is 2. The summed E-state index contributed by atoms with van der Waals surface area (Å²) in [5.41, 5.74) is 3.15. The van der Waals surface area contributed by atoms with Gasteiger partial charge in [-0.05, 0) is 23.3 Å². The SMILES string of the molecule is O=C1CC(CO)CN1c1cccc(-c2ccccc2)c1. The predicted molar refractivity (Wildman–Crippen MR) is 79.4 cm³/mol. The Bertz CT molecular complexity index is 609. The summed E-state index contributed by atoms with van der Waals surface area (Å²) in [7, 11) is 0. The molecule has 1 saturated heterocycles. The summed E-state index contributed by atoms with van der Waals surface area (Å²) in [6.07, 6.45) is 0.437. The van der Waals surface area contributed by atoms with Gasteiger partial charge in [-0.3, -0.25) is 4.79 Å². The van der Waals surface area contributed by atoms with Gasteiger partial charge in [-0.2, -0.15) is 0 Å². The molecule has 0 aromatic heterocycles. The molecule has 3 heteroatoms. The molecule has 0 aliphatic carbocycles. The first-order chi connectivity index (χ1) is 9.78. The highest BCUT2D eigenvalue weighted by molar-refractivity contribution is 5.96. The van der Waals surface area contributed by atoms with Crippen LogP contribution < -0.4 is 4.90 Å². The first kappa shape index (κ1) is 12.9. The zero-order valence-electron chi connectivity index (χ0n) is 11.2. The highest BCUT2D eigenvalue weighted by atomic mass is 16.3. The number of rotatable bonds is 3. The van der Waals surface area contributed by atoms with Gasteiger partial charge >= 0.3 is 0 Å². The van der Waals surface area contributed by atoms with Crippen molar-refractivity contribution in [1.29, 1.82) is 0 Å². The molecule has 3 rings (SSSR count). The van der Waals surface area contributed by atoms with Gasteiger partial charge in [0, 0.05) is 31.2 Å². The molecule has 1 heterocycles. The Hall–Kier alpha value is -2.13. The van der Waals surface area contributed by atoms with E-state index in [0.29, 0.717) is 13.0 Å². The molecule has 2 aromatic carbocycles. The fraction of sp³-hybridized carbons (Fsp3) is 0.235. The van der Waals surface area contributed by atoms with E-state index in [9.17, 15) is 9.90 Å². The van der Waals surface area contributed by atoms with E-state index in [1.807, 2.05) is 42.5 Å². The molecular weight excluding hydrogens is 250 g/mol. The Morgan fingerprint density at radius 2 is 1.80 bits per heavy atom. The van der Waals surface area contributed by atoms with Crippen LogP contribution in [0.25, 0.3) is 11.1 Å². The van der Waals surface area contributed by atoms with Crippen molar-refractivity contribution in [2.24, 2.45) is 5.92 Å². The van der Waals surface area contributed by atoms with E-state index in [1.54, 1.807) is 4.90 Å². The molecule has 1 atom stereocenters. The van der Waals surface area contributed by atoms with E-state index in [4.69, 9.17) is 0 Å². The Labute approximate surface area is 118 Å². The maximum absolute atomic E-state index is 12.0. The average Bonchev–Trinajstić information content (AvgIpc) is 2.89. The Morgan fingerprint density at radius 1 is 1.05 bits per heavy atom. The molecule has 0 spiro atoms. The topological polar surface area (TPSA) is 40.5 Å². The number of carbonyl (C=O) groups is 1. The van der Waals surface area contributed by atoms with E-state index in [1.165, 1.54) is 0 Å². The second-order valence-electron chi connectivity index (χ2n) is 5.17. The summed E-state index contributed by atoms with van der Waals surface area (Å²) in [5, 5.41) is 9.20. The minimum Gasteiger partial charge on any atom is -0.396 e. The summed E-state index contributed by atoms with van der Waals surface area (Å²) >= 11 is 0. The van der Waals surface area contributed by atoms with Crippen molar-refractivity contribution in [1.82, 2.24) is 0 Å². The van der Waals surface area contributed by atoms with Crippen molar-refractivity contribution in [2.75, 3.05) is 18.1 Å². The van der Waals surface area contributed by atoms with E-state index in [2.05, 4.69) is 12.1 Å². The second kappa shape index (κ2) is 5.47. The van der Waals surface area contributed by atoms with Crippen LogP contribution in [-0.2, 0) is 4.79 Å². The first-order valence-electron chi connectivity index (χ1n) is 6.84. The summed E-state index contributed by atoms with van der Waals surface area (Å²) < 4.78 is 0. The number of nitrogens with zero attached hydrogens (tertiary/aromatic N) is 1. The number of anilines is 1. The lowest BCUT2D eigenvalue weighted by molar-refractivity contribution is -0.117. The van der Waals surface area contributed by atoms with Gasteiger partial charge in [0.25, 0.3) is 0 Å². The van der Waals surface area contributed by atoms with E-state index in [0.717, 1.165) is 16.8 Å². The van der Waals surface area contributed by atoms with E-state index in [-0.39, 0.29) is 18.4 Å². The van der Waals surface area contributed by atoms with Gasteiger partial charge in [-0.1, -0.05) is 42.5 Å². The molecule has 1 aliphatic heterocycles. The molecule has 1 unspecified atom stereocenters. The van der Waals surface area contributed by atoms with Crippen molar-refractivity contribution < 1.29 is 9.90 Å². The van der Waals surface area contributed by atoms with Crippen LogP contribution in [0.1, 0.15) is 6.42 Å². The van der Waals surface area contributed by atoms with Crippen LogP contribution in [0, 0.1) is 5.92 Å². The highest BCUT2D eigenvalue weighted by Crippen LogP contribution is 2.28. The number of hydrogen-bond donors (Lipinski definition) is 1. The molecule has 0 saturated carbocycles. The summed E-state index contributed by atoms with van der Waals surface area (Å²) in [5.74, 6) is 0.150. The molecule has 1 N–H and O–H groups in total. The van der Waals surface area contributed by atoms with Crippen LogP contribution in [0.4, 0.5) is 5.69 Å². The summed E-state index contributed by atoms with van der Waals surface area (Å²) in [6.45, 7) is 0.675. The van der Waals surface area contributed by atoms with Gasteiger partial charge in [-0.25, -0.2) is 0 Å². The van der Waals surface area contributed by atoms with Crippen molar-refractivity contribution in [3.8, 4) is 11.1 Å². The number of aliphatic hydroxyl groups excluding tert-OH is 1. The largest absolute Gasteiger partial charge is 0.396 e. The van der Waals surface area contributed by atoms with Crippen LogP contribution >= 0.6 is 0 Å². The minimum atomic E-state index is 0.0582. The lowest BCUT2D eigenvalue weighted by Crippen LogP contribution is -2.24. The van der Waals surface area contributed by atoms with Gasteiger partial charge in [0.2, 0.25) is 5.91 Å². The third kappa shape index (κ3) is 2.45. The van der Waals surface area contributed by atoms with Crippen molar-refractivity contribution in [2.45, 2.75) is 6.42 Å². The highest BCUT2D eigenvalue weighted by Gasteiger charge is 2.30. The lowest BCUT2D eigenvalue weighted by atomic mass is 10.1. The predicted octanol–water partition coefficient (Wildman–Crippen LogP) is 2.70. The number of carbonyl (C=O) groups excluding carboxylic acids is 1. The lowest BCUT2D eigenvalue weighted by Gasteiger charge is -2.17. The molecule has 1 aliphatic rings. The monoisotopic (exact) mass is 267 g/mol. The van der Waals surface area contributed by atoms with Crippen molar-refractivity contribution in [3.05, 3.63) is 54.6 Å². The quantitative estimate of drug-likeness (QED) is 0.929. The third-order valence-corrected chi connectivity index (χ3v) is 3.73. The Morgan fingerprint density at radius 3 is 2.50 bits per heavy atom. The average molecular weight is 267 g/mol. The van der Waals surface area contributed by atoms with E-state index < -0.39 is 0 Å². The van der Waals surface area contributed by atoms with Gasteiger partial charge in [0.1, 0.15) is 0 Å².